The summed E-state index contributed by atoms with van der Waals surface area (Å²) >= 11 is 0. The number of carbonyl (C=O) groups excluding carboxylic acids is 2. The summed E-state index contributed by atoms with van der Waals surface area (Å²) in [4.78, 5) is 27.0. The maximum atomic E-state index is 12.1. The molecule has 1 N–H and O–H groups in total. The normalized spacial score (nSPS) is 9.76. The zero-order chi connectivity index (χ0) is 18.1. The van der Waals surface area contributed by atoms with Gasteiger partial charge in [0.15, 0.2) is 6.61 Å². The third-order valence-electron chi connectivity index (χ3n) is 3.39. The lowest BCUT2D eigenvalue weighted by atomic mass is 10.1. The maximum absolute atomic E-state index is 12.1. The van der Waals surface area contributed by atoms with Gasteiger partial charge in [0.05, 0.1) is 18.2 Å². The fourth-order valence-corrected chi connectivity index (χ4v) is 2.04. The Morgan fingerprint density at radius 2 is 2.00 bits per heavy atom. The highest BCUT2D eigenvalue weighted by Gasteiger charge is 2.10. The number of benzene rings is 1. The molecule has 0 spiro atoms. The standard InChI is InChI=1S/C18H17N3O4/c1-24-17(22)12-25-15-4-2-13(3-5-15)6-9-21-18(23)16-11-20-8-7-14(16)10-19/h2-5,7-8,11H,6,9,12H2,1H3,(H,21,23). The number of aromatic nitrogens is 1. The molecule has 0 saturated carbocycles. The van der Waals surface area contributed by atoms with Crippen LogP contribution >= 0.6 is 0 Å². The van der Waals surface area contributed by atoms with Gasteiger partial charge in [0.2, 0.25) is 0 Å². The minimum Gasteiger partial charge on any atom is -0.482 e. The first-order valence-electron chi connectivity index (χ1n) is 7.55. The maximum Gasteiger partial charge on any atom is 0.343 e. The van der Waals surface area contributed by atoms with Crippen molar-refractivity contribution in [2.75, 3.05) is 20.3 Å². The minimum atomic E-state index is -0.445. The Labute approximate surface area is 145 Å². The molecular formula is C18H17N3O4. The molecule has 0 fully saturated rings. The molecule has 7 nitrogen and oxygen atoms in total. The zero-order valence-corrected chi connectivity index (χ0v) is 13.7. The van der Waals surface area contributed by atoms with E-state index >= 15 is 0 Å². The Hall–Kier alpha value is -3.40. The topological polar surface area (TPSA) is 101 Å². The second-order valence-corrected chi connectivity index (χ2v) is 5.05. The molecule has 0 atom stereocenters. The molecule has 0 unspecified atom stereocenters. The van der Waals surface area contributed by atoms with Crippen molar-refractivity contribution in [3.05, 3.63) is 59.4 Å². The lowest BCUT2D eigenvalue weighted by Crippen LogP contribution is -2.26. The first-order chi connectivity index (χ1) is 12.1. The van der Waals surface area contributed by atoms with Gasteiger partial charge in [-0.25, -0.2) is 4.79 Å². The van der Waals surface area contributed by atoms with Crippen molar-refractivity contribution in [2.24, 2.45) is 0 Å². The van der Waals surface area contributed by atoms with Gasteiger partial charge >= 0.3 is 5.97 Å². The van der Waals surface area contributed by atoms with Crippen molar-refractivity contribution in [1.82, 2.24) is 10.3 Å². The monoisotopic (exact) mass is 339 g/mol. The predicted molar refractivity (Wildman–Crippen MR) is 88.9 cm³/mol. The molecule has 7 heteroatoms. The lowest BCUT2D eigenvalue weighted by molar-refractivity contribution is -0.142. The average molecular weight is 339 g/mol. The van der Waals surface area contributed by atoms with Gasteiger partial charge in [-0.3, -0.25) is 9.78 Å². The zero-order valence-electron chi connectivity index (χ0n) is 13.7. The number of ether oxygens (including phenoxy) is 2. The highest BCUT2D eigenvalue weighted by Crippen LogP contribution is 2.12. The molecule has 0 aliphatic carbocycles. The lowest BCUT2D eigenvalue weighted by Gasteiger charge is -2.08. The third kappa shape index (κ3) is 5.32. The summed E-state index contributed by atoms with van der Waals surface area (Å²) in [5, 5.41) is 11.8. The summed E-state index contributed by atoms with van der Waals surface area (Å²) in [7, 11) is 1.30. The second kappa shape index (κ2) is 9.03. The molecule has 128 valence electrons. The minimum absolute atomic E-state index is 0.141. The van der Waals surface area contributed by atoms with Gasteiger partial charge in [-0.05, 0) is 30.2 Å². The molecule has 2 aromatic rings. The summed E-state index contributed by atoms with van der Waals surface area (Å²) < 4.78 is 9.75. The quantitative estimate of drug-likeness (QED) is 0.767. The molecule has 1 heterocycles. The van der Waals surface area contributed by atoms with Gasteiger partial charge in [-0.1, -0.05) is 12.1 Å². The van der Waals surface area contributed by atoms with Crippen LogP contribution in [0.3, 0.4) is 0 Å². The number of hydrogen-bond acceptors (Lipinski definition) is 6. The summed E-state index contributed by atoms with van der Waals surface area (Å²) in [5.74, 6) is -0.214. The van der Waals surface area contributed by atoms with Gasteiger partial charge in [0, 0.05) is 18.9 Å². The molecule has 0 aliphatic rings. The van der Waals surface area contributed by atoms with E-state index in [1.54, 1.807) is 12.1 Å². The van der Waals surface area contributed by atoms with E-state index in [0.717, 1.165) is 5.56 Å². The molecule has 0 saturated heterocycles. The van der Waals surface area contributed by atoms with Crippen LogP contribution in [0.2, 0.25) is 0 Å². The Balaban J connectivity index is 1.82. The number of nitriles is 1. The number of amides is 1. The molecule has 1 aromatic carbocycles. The van der Waals surface area contributed by atoms with Crippen LogP contribution < -0.4 is 10.1 Å². The van der Waals surface area contributed by atoms with E-state index in [-0.39, 0.29) is 18.1 Å². The summed E-state index contributed by atoms with van der Waals surface area (Å²) in [6, 6.07) is 10.7. The second-order valence-electron chi connectivity index (χ2n) is 5.05. The average Bonchev–Trinajstić information content (AvgIpc) is 2.66. The van der Waals surface area contributed by atoms with Crippen LogP contribution in [-0.4, -0.2) is 37.1 Å². The molecule has 0 aliphatic heterocycles. The van der Waals surface area contributed by atoms with Crippen LogP contribution in [0.15, 0.2) is 42.7 Å². The Kier molecular flexibility index (Phi) is 6.48. The number of esters is 1. The van der Waals surface area contributed by atoms with E-state index in [2.05, 4.69) is 15.0 Å². The highest BCUT2D eigenvalue weighted by molar-refractivity contribution is 5.96. The van der Waals surface area contributed by atoms with Crippen LogP contribution in [0, 0.1) is 11.3 Å². The van der Waals surface area contributed by atoms with Crippen LogP contribution in [-0.2, 0) is 16.0 Å². The molecule has 1 amide bonds. The predicted octanol–water partition coefficient (Wildman–Crippen LogP) is 1.48. The smallest absolute Gasteiger partial charge is 0.343 e. The number of rotatable bonds is 7. The van der Waals surface area contributed by atoms with Crippen molar-refractivity contribution >= 4 is 11.9 Å². The Morgan fingerprint density at radius 3 is 2.68 bits per heavy atom. The van der Waals surface area contributed by atoms with Crippen LogP contribution in [0.25, 0.3) is 0 Å². The Bertz CT molecular complexity index is 782. The molecule has 2 rings (SSSR count). The van der Waals surface area contributed by atoms with E-state index in [0.29, 0.717) is 24.3 Å². The van der Waals surface area contributed by atoms with E-state index < -0.39 is 5.97 Å². The van der Waals surface area contributed by atoms with Crippen molar-refractivity contribution in [1.29, 1.82) is 5.26 Å². The molecule has 0 bridgehead atoms. The van der Waals surface area contributed by atoms with Gasteiger partial charge < -0.3 is 14.8 Å². The van der Waals surface area contributed by atoms with Crippen LogP contribution in [0.5, 0.6) is 5.75 Å². The highest BCUT2D eigenvalue weighted by atomic mass is 16.6. The molecule has 25 heavy (non-hydrogen) atoms. The van der Waals surface area contributed by atoms with Gasteiger partial charge in [0.1, 0.15) is 11.8 Å². The van der Waals surface area contributed by atoms with Gasteiger partial charge in [-0.2, -0.15) is 5.26 Å². The van der Waals surface area contributed by atoms with Crippen molar-refractivity contribution in [3.63, 3.8) is 0 Å². The van der Waals surface area contributed by atoms with E-state index in [1.807, 2.05) is 18.2 Å². The van der Waals surface area contributed by atoms with Crippen molar-refractivity contribution in [2.45, 2.75) is 6.42 Å². The Morgan fingerprint density at radius 1 is 1.24 bits per heavy atom. The van der Waals surface area contributed by atoms with Crippen LogP contribution in [0.4, 0.5) is 0 Å². The van der Waals surface area contributed by atoms with Gasteiger partial charge in [-0.15, -0.1) is 0 Å². The van der Waals surface area contributed by atoms with Gasteiger partial charge in [0.25, 0.3) is 5.91 Å². The fourth-order valence-electron chi connectivity index (χ4n) is 2.04. The molecular weight excluding hydrogens is 322 g/mol. The first-order valence-corrected chi connectivity index (χ1v) is 7.55. The molecule has 1 aromatic heterocycles. The van der Waals surface area contributed by atoms with Crippen LogP contribution in [0.1, 0.15) is 21.5 Å². The van der Waals surface area contributed by atoms with E-state index in [9.17, 15) is 9.59 Å². The number of nitrogens with one attached hydrogen (secondary N) is 1. The largest absolute Gasteiger partial charge is 0.482 e. The van der Waals surface area contributed by atoms with Crippen molar-refractivity contribution < 1.29 is 19.1 Å². The summed E-state index contributed by atoms with van der Waals surface area (Å²) in [6.07, 6.45) is 3.46. The third-order valence-corrected chi connectivity index (χ3v) is 3.39. The number of hydrogen-bond donors (Lipinski definition) is 1. The summed E-state index contributed by atoms with van der Waals surface area (Å²) in [5.41, 5.74) is 1.55. The van der Waals surface area contributed by atoms with Crippen molar-refractivity contribution in [3.8, 4) is 11.8 Å². The number of nitrogens with zero attached hydrogens (tertiary/aromatic N) is 2. The fraction of sp³-hybridized carbons (Fsp3) is 0.222. The summed E-state index contributed by atoms with van der Waals surface area (Å²) in [6.45, 7) is 0.277. The number of pyridine rings is 1. The SMILES string of the molecule is COC(=O)COc1ccc(CCNC(=O)c2cnccc2C#N)cc1. The van der Waals surface area contributed by atoms with E-state index in [4.69, 9.17) is 10.00 Å². The first kappa shape index (κ1) is 17.9. The number of methoxy groups -OCH3 is 1. The molecule has 0 radical (unpaired) electrons. The van der Waals surface area contributed by atoms with E-state index in [1.165, 1.54) is 25.6 Å². The number of carbonyl (C=O) groups is 2.